The van der Waals surface area contributed by atoms with E-state index in [2.05, 4.69) is 0 Å². The third-order valence-corrected chi connectivity index (χ3v) is 4.94. The summed E-state index contributed by atoms with van der Waals surface area (Å²) in [5.74, 6) is -0.604. The molecule has 178 valence electrons. The Kier molecular flexibility index (Phi) is 8.90. The van der Waals surface area contributed by atoms with Gasteiger partial charge in [-0.2, -0.15) is 0 Å². The fourth-order valence-corrected chi connectivity index (χ4v) is 3.43. The molecule has 0 aromatic heterocycles. The fourth-order valence-electron chi connectivity index (χ4n) is 3.27. The van der Waals surface area contributed by atoms with Crippen LogP contribution in [0.15, 0.2) is 30.3 Å². The van der Waals surface area contributed by atoms with E-state index in [4.69, 9.17) is 49.0 Å². The number of alkyl halides is 3. The standard InChI is InChI=1S/C21H27Cl3N2O6/c1-20(2,3)32-19(29)26-12-15(10-16(26)17(27)30-4)25(11-14-8-6-5-7-9-14)18(28)31-13-21(22,23)24/h5-9,15-16H,10-13H2,1-4H3/t15-,16-/m0/s1. The summed E-state index contributed by atoms with van der Waals surface area (Å²) in [4.78, 5) is 40.7. The molecule has 1 aliphatic rings. The highest BCUT2D eigenvalue weighted by atomic mass is 35.6. The van der Waals surface area contributed by atoms with Crippen LogP contribution in [-0.4, -0.2) is 69.7 Å². The van der Waals surface area contributed by atoms with Gasteiger partial charge in [0.1, 0.15) is 18.2 Å². The highest BCUT2D eigenvalue weighted by Crippen LogP contribution is 2.29. The van der Waals surface area contributed by atoms with Gasteiger partial charge in [-0.1, -0.05) is 65.1 Å². The van der Waals surface area contributed by atoms with E-state index in [1.54, 1.807) is 20.8 Å². The third kappa shape index (κ3) is 7.90. The van der Waals surface area contributed by atoms with Crippen LogP contribution in [0.5, 0.6) is 0 Å². The number of rotatable bonds is 5. The van der Waals surface area contributed by atoms with E-state index in [9.17, 15) is 14.4 Å². The number of halogens is 3. The lowest BCUT2D eigenvalue weighted by Gasteiger charge is -2.29. The van der Waals surface area contributed by atoms with Crippen molar-refractivity contribution in [2.75, 3.05) is 20.3 Å². The number of hydrogen-bond donors (Lipinski definition) is 0. The van der Waals surface area contributed by atoms with E-state index < -0.39 is 46.2 Å². The first-order chi connectivity index (χ1) is 14.8. The van der Waals surface area contributed by atoms with Crippen LogP contribution in [0.1, 0.15) is 32.8 Å². The number of hydrogen-bond acceptors (Lipinski definition) is 6. The molecule has 2 amide bonds. The van der Waals surface area contributed by atoms with E-state index in [1.165, 1.54) is 16.9 Å². The molecule has 0 unspecified atom stereocenters. The Hall–Kier alpha value is -1.90. The lowest BCUT2D eigenvalue weighted by atomic mass is 10.1. The van der Waals surface area contributed by atoms with Crippen LogP contribution in [-0.2, 0) is 25.5 Å². The molecular weight excluding hydrogens is 483 g/mol. The summed E-state index contributed by atoms with van der Waals surface area (Å²) in [6.45, 7) is 4.93. The summed E-state index contributed by atoms with van der Waals surface area (Å²) in [5.41, 5.74) is 0.0618. The zero-order valence-corrected chi connectivity index (χ0v) is 20.6. The minimum absolute atomic E-state index is 0.0460. The normalized spacial score (nSPS) is 18.8. The lowest BCUT2D eigenvalue weighted by Crippen LogP contribution is -2.45. The molecule has 0 N–H and O–H groups in total. The number of nitrogens with zero attached hydrogens (tertiary/aromatic N) is 2. The van der Waals surface area contributed by atoms with Gasteiger partial charge in [-0.25, -0.2) is 14.4 Å². The Morgan fingerprint density at radius 1 is 1.12 bits per heavy atom. The van der Waals surface area contributed by atoms with Crippen molar-refractivity contribution < 1.29 is 28.6 Å². The largest absolute Gasteiger partial charge is 0.467 e. The number of likely N-dealkylation sites (tertiary alicyclic amines) is 1. The zero-order valence-electron chi connectivity index (χ0n) is 18.3. The van der Waals surface area contributed by atoms with E-state index >= 15 is 0 Å². The highest BCUT2D eigenvalue weighted by Gasteiger charge is 2.45. The number of amides is 2. The summed E-state index contributed by atoms with van der Waals surface area (Å²) in [6.07, 6.45) is -1.27. The Balaban J connectivity index is 2.29. The van der Waals surface area contributed by atoms with Crippen LogP contribution in [0.4, 0.5) is 9.59 Å². The molecule has 2 atom stereocenters. The van der Waals surface area contributed by atoms with Crippen molar-refractivity contribution in [3.05, 3.63) is 35.9 Å². The van der Waals surface area contributed by atoms with Gasteiger partial charge in [0.05, 0.1) is 13.2 Å². The molecule has 1 aromatic carbocycles. The van der Waals surface area contributed by atoms with Crippen LogP contribution in [0.2, 0.25) is 0 Å². The Bertz CT molecular complexity index is 810. The van der Waals surface area contributed by atoms with Crippen molar-refractivity contribution >= 4 is 53.0 Å². The molecule has 2 rings (SSSR count). The van der Waals surface area contributed by atoms with Gasteiger partial charge in [-0.05, 0) is 26.3 Å². The topological polar surface area (TPSA) is 85.4 Å². The Labute approximate surface area is 202 Å². The number of carbonyl (C=O) groups is 3. The van der Waals surface area contributed by atoms with Gasteiger partial charge in [0, 0.05) is 19.5 Å². The lowest BCUT2D eigenvalue weighted by molar-refractivity contribution is -0.145. The number of ether oxygens (including phenoxy) is 3. The quantitative estimate of drug-likeness (QED) is 0.329. The van der Waals surface area contributed by atoms with Crippen LogP contribution >= 0.6 is 34.8 Å². The molecule has 1 fully saturated rings. The summed E-state index contributed by atoms with van der Waals surface area (Å²) >= 11 is 17.1. The minimum atomic E-state index is -1.78. The highest BCUT2D eigenvalue weighted by molar-refractivity contribution is 6.67. The SMILES string of the molecule is COC(=O)[C@@H]1C[C@H](N(Cc2ccccc2)C(=O)OCC(Cl)(Cl)Cl)CN1C(=O)OC(C)(C)C. The maximum atomic E-state index is 12.9. The number of methoxy groups -OCH3 is 1. The van der Waals surface area contributed by atoms with Crippen molar-refractivity contribution in [3.8, 4) is 0 Å². The molecular formula is C21H27Cl3N2O6. The average Bonchev–Trinajstić information content (AvgIpc) is 3.14. The van der Waals surface area contributed by atoms with Crippen molar-refractivity contribution in [3.63, 3.8) is 0 Å². The van der Waals surface area contributed by atoms with Gasteiger partial charge in [0.2, 0.25) is 3.79 Å². The molecule has 32 heavy (non-hydrogen) atoms. The molecule has 1 aliphatic heterocycles. The van der Waals surface area contributed by atoms with Crippen LogP contribution in [0.25, 0.3) is 0 Å². The van der Waals surface area contributed by atoms with Gasteiger partial charge >= 0.3 is 18.2 Å². The van der Waals surface area contributed by atoms with Gasteiger partial charge in [0.25, 0.3) is 0 Å². The second-order valence-electron chi connectivity index (χ2n) is 8.34. The van der Waals surface area contributed by atoms with Crippen molar-refractivity contribution in [2.45, 2.75) is 55.2 Å². The van der Waals surface area contributed by atoms with Crippen LogP contribution < -0.4 is 0 Å². The second kappa shape index (κ2) is 10.8. The molecule has 8 nitrogen and oxygen atoms in total. The van der Waals surface area contributed by atoms with Crippen molar-refractivity contribution in [2.24, 2.45) is 0 Å². The first kappa shape index (κ1) is 26.4. The monoisotopic (exact) mass is 508 g/mol. The summed E-state index contributed by atoms with van der Waals surface area (Å²) in [7, 11) is 1.24. The van der Waals surface area contributed by atoms with Crippen molar-refractivity contribution in [1.82, 2.24) is 9.80 Å². The van der Waals surface area contributed by atoms with Gasteiger partial charge < -0.3 is 14.2 Å². The molecule has 1 aromatic rings. The van der Waals surface area contributed by atoms with Crippen LogP contribution in [0.3, 0.4) is 0 Å². The first-order valence-electron chi connectivity index (χ1n) is 9.92. The zero-order chi connectivity index (χ0) is 24.1. The van der Waals surface area contributed by atoms with Gasteiger partial charge in [-0.3, -0.25) is 9.80 Å². The number of benzene rings is 1. The summed E-state index contributed by atoms with van der Waals surface area (Å²) in [5, 5.41) is 0. The molecule has 1 heterocycles. The predicted octanol–water partition coefficient (Wildman–Crippen LogP) is 4.55. The maximum absolute atomic E-state index is 12.9. The smallest absolute Gasteiger partial charge is 0.411 e. The second-order valence-corrected chi connectivity index (χ2v) is 10.9. The van der Waals surface area contributed by atoms with E-state index in [-0.39, 0.29) is 19.5 Å². The van der Waals surface area contributed by atoms with Crippen molar-refractivity contribution in [1.29, 1.82) is 0 Å². The molecule has 0 saturated carbocycles. The summed E-state index contributed by atoms with van der Waals surface area (Å²) in [6, 6.07) is 7.72. The average molecular weight is 510 g/mol. The Morgan fingerprint density at radius 3 is 2.28 bits per heavy atom. The van der Waals surface area contributed by atoms with E-state index in [0.29, 0.717) is 0 Å². The molecule has 0 aliphatic carbocycles. The van der Waals surface area contributed by atoms with Crippen LogP contribution in [0, 0.1) is 0 Å². The third-order valence-electron chi connectivity index (χ3n) is 4.61. The molecule has 1 saturated heterocycles. The molecule has 11 heteroatoms. The Morgan fingerprint density at radius 2 is 1.75 bits per heavy atom. The predicted molar refractivity (Wildman–Crippen MR) is 121 cm³/mol. The molecule has 0 spiro atoms. The summed E-state index contributed by atoms with van der Waals surface area (Å²) < 4.78 is 13.7. The maximum Gasteiger partial charge on any atom is 0.411 e. The van der Waals surface area contributed by atoms with Gasteiger partial charge in [0.15, 0.2) is 0 Å². The number of esters is 1. The van der Waals surface area contributed by atoms with Gasteiger partial charge in [-0.15, -0.1) is 0 Å². The van der Waals surface area contributed by atoms with E-state index in [1.807, 2.05) is 30.3 Å². The minimum Gasteiger partial charge on any atom is -0.467 e. The molecule has 0 bridgehead atoms. The fraction of sp³-hybridized carbons (Fsp3) is 0.571. The molecule has 0 radical (unpaired) electrons. The first-order valence-corrected chi connectivity index (χ1v) is 11.1. The van der Waals surface area contributed by atoms with E-state index in [0.717, 1.165) is 5.56 Å². The number of carbonyl (C=O) groups excluding carboxylic acids is 3.